The van der Waals surface area contributed by atoms with Gasteiger partial charge in [0, 0.05) is 11.8 Å². The SMILES string of the molecule is CCCCCCCCC#CC(=O)C(C)(C)C. The second kappa shape index (κ2) is 8.39. The first-order valence-corrected chi connectivity index (χ1v) is 6.51. The molecule has 0 aromatic carbocycles. The Morgan fingerprint density at radius 1 is 1.00 bits per heavy atom. The summed E-state index contributed by atoms with van der Waals surface area (Å²) in [6.45, 7) is 7.96. The summed E-state index contributed by atoms with van der Waals surface area (Å²) in [5, 5.41) is 0. The first-order chi connectivity index (χ1) is 7.48. The zero-order valence-corrected chi connectivity index (χ0v) is 11.4. The molecule has 0 aliphatic heterocycles. The number of carbonyl (C=O) groups excluding carboxylic acids is 1. The Kier molecular flexibility index (Phi) is 7.99. The van der Waals surface area contributed by atoms with Gasteiger partial charge in [0.15, 0.2) is 0 Å². The van der Waals surface area contributed by atoms with Crippen LogP contribution in [0.5, 0.6) is 0 Å². The molecule has 0 aromatic rings. The summed E-state index contributed by atoms with van der Waals surface area (Å²) in [6, 6.07) is 0. The van der Waals surface area contributed by atoms with Crippen molar-refractivity contribution >= 4 is 5.78 Å². The van der Waals surface area contributed by atoms with Gasteiger partial charge >= 0.3 is 0 Å². The Bertz CT molecular complexity index is 247. The van der Waals surface area contributed by atoms with Gasteiger partial charge in [-0.1, -0.05) is 65.7 Å². The Hall–Kier alpha value is -0.770. The van der Waals surface area contributed by atoms with Crippen molar-refractivity contribution < 1.29 is 4.79 Å². The van der Waals surface area contributed by atoms with E-state index in [2.05, 4.69) is 18.8 Å². The number of hydrogen-bond acceptors (Lipinski definition) is 1. The van der Waals surface area contributed by atoms with Crippen LogP contribution in [0.2, 0.25) is 0 Å². The van der Waals surface area contributed by atoms with Crippen LogP contribution in [-0.4, -0.2) is 5.78 Å². The number of carbonyl (C=O) groups is 1. The van der Waals surface area contributed by atoms with Crippen molar-refractivity contribution in [3.8, 4) is 11.8 Å². The fraction of sp³-hybridized carbons (Fsp3) is 0.800. The predicted molar refractivity (Wildman–Crippen MR) is 70.2 cm³/mol. The average molecular weight is 222 g/mol. The van der Waals surface area contributed by atoms with Crippen LogP contribution in [0.3, 0.4) is 0 Å². The molecule has 0 heterocycles. The third-order valence-corrected chi connectivity index (χ3v) is 2.54. The molecule has 0 unspecified atom stereocenters. The van der Waals surface area contributed by atoms with Crippen LogP contribution in [0.25, 0.3) is 0 Å². The summed E-state index contributed by atoms with van der Waals surface area (Å²) in [7, 11) is 0. The van der Waals surface area contributed by atoms with E-state index in [0.717, 1.165) is 12.8 Å². The molecule has 0 amide bonds. The van der Waals surface area contributed by atoms with Crippen LogP contribution >= 0.6 is 0 Å². The molecular formula is C15H26O. The molecule has 0 saturated carbocycles. The van der Waals surface area contributed by atoms with E-state index in [1.807, 2.05) is 20.8 Å². The maximum atomic E-state index is 11.5. The first-order valence-electron chi connectivity index (χ1n) is 6.51. The van der Waals surface area contributed by atoms with E-state index < -0.39 is 0 Å². The third kappa shape index (κ3) is 8.53. The molecule has 16 heavy (non-hydrogen) atoms. The van der Waals surface area contributed by atoms with Gasteiger partial charge in [-0.3, -0.25) is 4.79 Å². The number of hydrogen-bond donors (Lipinski definition) is 0. The van der Waals surface area contributed by atoms with Crippen molar-refractivity contribution in [2.24, 2.45) is 5.41 Å². The Balaban J connectivity index is 3.52. The highest BCUT2D eigenvalue weighted by molar-refractivity contribution is 5.99. The zero-order valence-electron chi connectivity index (χ0n) is 11.4. The lowest BCUT2D eigenvalue weighted by Gasteiger charge is -2.10. The Morgan fingerprint density at radius 2 is 1.56 bits per heavy atom. The van der Waals surface area contributed by atoms with Crippen molar-refractivity contribution in [1.82, 2.24) is 0 Å². The summed E-state index contributed by atoms with van der Waals surface area (Å²) in [5.41, 5.74) is -0.311. The van der Waals surface area contributed by atoms with Crippen molar-refractivity contribution in [1.29, 1.82) is 0 Å². The molecule has 0 radical (unpaired) electrons. The number of Topliss-reactive ketones (excluding diaryl/α,β-unsaturated/α-hetero) is 1. The van der Waals surface area contributed by atoms with Crippen LogP contribution in [0, 0.1) is 17.3 Å². The molecule has 92 valence electrons. The molecule has 1 nitrogen and oxygen atoms in total. The summed E-state index contributed by atoms with van der Waals surface area (Å²) in [5.74, 6) is 5.77. The van der Waals surface area contributed by atoms with Crippen molar-refractivity contribution in [3.63, 3.8) is 0 Å². The molecule has 1 heteroatoms. The molecule has 0 spiro atoms. The lowest BCUT2D eigenvalue weighted by atomic mass is 9.91. The highest BCUT2D eigenvalue weighted by atomic mass is 16.1. The minimum absolute atomic E-state index is 0.0542. The molecule has 0 atom stereocenters. The monoisotopic (exact) mass is 222 g/mol. The van der Waals surface area contributed by atoms with Gasteiger partial charge in [-0.25, -0.2) is 0 Å². The molecule has 0 fully saturated rings. The van der Waals surface area contributed by atoms with Crippen LogP contribution in [-0.2, 0) is 4.79 Å². The first kappa shape index (κ1) is 15.2. The van der Waals surface area contributed by atoms with Gasteiger partial charge in [0.1, 0.15) is 0 Å². The van der Waals surface area contributed by atoms with Crippen molar-refractivity contribution in [2.45, 2.75) is 72.6 Å². The molecule has 0 aliphatic carbocycles. The standard InChI is InChI=1S/C15H26O/c1-5-6-7-8-9-10-11-12-13-14(16)15(2,3)4/h5-11H2,1-4H3. The van der Waals surface area contributed by atoms with Crippen LogP contribution in [0.1, 0.15) is 72.6 Å². The van der Waals surface area contributed by atoms with E-state index in [0.29, 0.717) is 0 Å². The van der Waals surface area contributed by atoms with E-state index in [9.17, 15) is 4.79 Å². The van der Waals surface area contributed by atoms with E-state index in [-0.39, 0.29) is 11.2 Å². The number of ketones is 1. The van der Waals surface area contributed by atoms with E-state index in [4.69, 9.17) is 0 Å². The normalized spacial score (nSPS) is 10.8. The maximum absolute atomic E-state index is 11.5. The van der Waals surface area contributed by atoms with Gasteiger partial charge in [0.05, 0.1) is 0 Å². The fourth-order valence-corrected chi connectivity index (χ4v) is 1.32. The van der Waals surface area contributed by atoms with Gasteiger partial charge < -0.3 is 0 Å². The Morgan fingerprint density at radius 3 is 2.12 bits per heavy atom. The minimum Gasteiger partial charge on any atom is -0.284 e. The van der Waals surface area contributed by atoms with E-state index in [1.54, 1.807) is 0 Å². The van der Waals surface area contributed by atoms with Crippen LogP contribution in [0.15, 0.2) is 0 Å². The molecular weight excluding hydrogens is 196 g/mol. The highest BCUT2D eigenvalue weighted by Gasteiger charge is 2.18. The maximum Gasteiger partial charge on any atom is 0.210 e. The molecule has 0 rings (SSSR count). The molecule has 0 bridgehead atoms. The van der Waals surface area contributed by atoms with Crippen molar-refractivity contribution in [2.75, 3.05) is 0 Å². The van der Waals surface area contributed by atoms with Crippen molar-refractivity contribution in [3.05, 3.63) is 0 Å². The predicted octanol–water partition coefficient (Wildman–Crippen LogP) is 4.36. The number of unbranched alkanes of at least 4 members (excludes halogenated alkanes) is 6. The molecule has 0 N–H and O–H groups in total. The highest BCUT2D eigenvalue weighted by Crippen LogP contribution is 2.13. The molecule has 0 aromatic heterocycles. The fourth-order valence-electron chi connectivity index (χ4n) is 1.32. The smallest absolute Gasteiger partial charge is 0.210 e. The van der Waals surface area contributed by atoms with Gasteiger partial charge in [-0.15, -0.1) is 0 Å². The third-order valence-electron chi connectivity index (χ3n) is 2.54. The van der Waals surface area contributed by atoms with Gasteiger partial charge in [0.25, 0.3) is 0 Å². The Labute approximate surface area is 101 Å². The lowest BCUT2D eigenvalue weighted by Crippen LogP contribution is -2.17. The van der Waals surface area contributed by atoms with Crippen LogP contribution < -0.4 is 0 Å². The van der Waals surface area contributed by atoms with Crippen LogP contribution in [0.4, 0.5) is 0 Å². The second-order valence-corrected chi connectivity index (χ2v) is 5.40. The molecule has 0 saturated heterocycles. The summed E-state index contributed by atoms with van der Waals surface area (Å²) in [6.07, 6.45) is 8.53. The van der Waals surface area contributed by atoms with Gasteiger partial charge in [0.2, 0.25) is 5.78 Å². The lowest BCUT2D eigenvalue weighted by molar-refractivity contribution is -0.120. The topological polar surface area (TPSA) is 17.1 Å². The summed E-state index contributed by atoms with van der Waals surface area (Å²) < 4.78 is 0. The quantitative estimate of drug-likeness (QED) is 0.371. The summed E-state index contributed by atoms with van der Waals surface area (Å²) >= 11 is 0. The molecule has 0 aliphatic rings. The average Bonchev–Trinajstić information content (AvgIpc) is 2.20. The zero-order chi connectivity index (χ0) is 12.4. The van der Waals surface area contributed by atoms with Gasteiger partial charge in [-0.05, 0) is 12.3 Å². The van der Waals surface area contributed by atoms with E-state index in [1.165, 1.54) is 32.1 Å². The largest absolute Gasteiger partial charge is 0.284 e. The minimum atomic E-state index is -0.311. The summed E-state index contributed by atoms with van der Waals surface area (Å²) in [4.78, 5) is 11.5. The number of rotatable bonds is 6. The van der Waals surface area contributed by atoms with E-state index >= 15 is 0 Å². The van der Waals surface area contributed by atoms with Gasteiger partial charge in [-0.2, -0.15) is 0 Å². The second-order valence-electron chi connectivity index (χ2n) is 5.40.